The molecular weight excluding hydrogens is 520 g/mol. The summed E-state index contributed by atoms with van der Waals surface area (Å²) in [4.78, 5) is 44.0. The van der Waals surface area contributed by atoms with Crippen LogP contribution >= 0.6 is 0 Å². The average molecular weight is 567 g/mol. The fourth-order valence-electron chi connectivity index (χ4n) is 4.23. The molecule has 0 saturated heterocycles. The summed E-state index contributed by atoms with van der Waals surface area (Å²) in [6, 6.07) is 0. The van der Waals surface area contributed by atoms with Crippen LogP contribution in [0.1, 0.15) is 122 Å². The largest absolute Gasteiger partial charge is 0.481 e. The van der Waals surface area contributed by atoms with Crippen LogP contribution in [0.15, 0.2) is 0 Å². The fourth-order valence-corrected chi connectivity index (χ4v) is 4.89. The molecule has 0 amide bonds. The van der Waals surface area contributed by atoms with Crippen LogP contribution < -0.4 is 0 Å². The Morgan fingerprint density at radius 2 is 0.947 bits per heavy atom. The smallest absolute Gasteiger partial charge is 0.327 e. The highest BCUT2D eigenvalue weighted by molar-refractivity contribution is 7.87. The number of carbonyl (C=O) groups excluding carboxylic acids is 1. The Bertz CT molecular complexity index is 795. The second-order valence-electron chi connectivity index (χ2n) is 9.85. The van der Waals surface area contributed by atoms with E-state index in [1.54, 1.807) is 0 Å². The normalized spacial score (nSPS) is 13.1. The van der Waals surface area contributed by atoms with E-state index in [1.807, 2.05) is 0 Å². The highest BCUT2D eigenvalue weighted by atomic mass is 32.2. The van der Waals surface area contributed by atoms with Crippen molar-refractivity contribution < 1.29 is 52.2 Å². The molecule has 0 aromatic heterocycles. The standard InChI is InChI=1S/C26H46O11S/c27-23(28)19-21(25(31)32)17-15-13-11-9-7-5-3-1-2-4-6-8-10-12-14-16-18-37-26(33)22(20-24(29)30)38(34,35)36/h21-22H,1-20H2,(H,27,28)(H,29,30)(H,31,32)(H,34,35,36). The Balaban J connectivity index is 3.50. The maximum atomic E-state index is 11.7. The maximum Gasteiger partial charge on any atom is 0.327 e. The maximum absolute atomic E-state index is 11.7. The number of carboxylic acids is 3. The molecule has 0 saturated carbocycles. The van der Waals surface area contributed by atoms with Crippen LogP contribution in [0, 0.1) is 5.92 Å². The highest BCUT2D eigenvalue weighted by Crippen LogP contribution is 2.17. The Morgan fingerprint density at radius 1 is 0.579 bits per heavy atom. The van der Waals surface area contributed by atoms with Crippen LogP contribution in [0.5, 0.6) is 0 Å². The zero-order valence-corrected chi connectivity index (χ0v) is 23.2. The van der Waals surface area contributed by atoms with Crippen molar-refractivity contribution in [3.05, 3.63) is 0 Å². The predicted molar refractivity (Wildman–Crippen MR) is 140 cm³/mol. The first-order valence-electron chi connectivity index (χ1n) is 13.7. The lowest BCUT2D eigenvalue weighted by Gasteiger charge is -2.11. The van der Waals surface area contributed by atoms with Crippen molar-refractivity contribution in [2.24, 2.45) is 5.92 Å². The molecule has 2 unspecified atom stereocenters. The van der Waals surface area contributed by atoms with E-state index in [9.17, 15) is 27.6 Å². The van der Waals surface area contributed by atoms with Gasteiger partial charge in [0.1, 0.15) is 0 Å². The van der Waals surface area contributed by atoms with Crippen LogP contribution in [-0.4, -0.2) is 64.0 Å². The minimum atomic E-state index is -4.83. The van der Waals surface area contributed by atoms with Gasteiger partial charge in [0.05, 0.1) is 25.4 Å². The lowest BCUT2D eigenvalue weighted by atomic mass is 9.97. The third-order valence-electron chi connectivity index (χ3n) is 6.44. The summed E-state index contributed by atoms with van der Waals surface area (Å²) in [6.07, 6.45) is 15.8. The van der Waals surface area contributed by atoms with Crippen molar-refractivity contribution in [2.75, 3.05) is 6.61 Å². The third kappa shape index (κ3) is 20.8. The minimum Gasteiger partial charge on any atom is -0.481 e. The average Bonchev–Trinajstić information content (AvgIpc) is 2.81. The topological polar surface area (TPSA) is 193 Å². The van der Waals surface area contributed by atoms with Crippen LogP contribution in [0.25, 0.3) is 0 Å². The van der Waals surface area contributed by atoms with E-state index < -0.39 is 51.6 Å². The molecule has 0 aliphatic heterocycles. The number of rotatable bonds is 26. The Labute approximate surface area is 226 Å². The van der Waals surface area contributed by atoms with Gasteiger partial charge in [-0.2, -0.15) is 8.42 Å². The molecule has 38 heavy (non-hydrogen) atoms. The van der Waals surface area contributed by atoms with Gasteiger partial charge in [0.2, 0.25) is 0 Å². The predicted octanol–water partition coefficient (Wildman–Crippen LogP) is 5.07. The van der Waals surface area contributed by atoms with Crippen LogP contribution in [-0.2, 0) is 34.0 Å². The molecule has 12 heteroatoms. The van der Waals surface area contributed by atoms with E-state index in [-0.39, 0.29) is 13.0 Å². The van der Waals surface area contributed by atoms with Gasteiger partial charge in [-0.3, -0.25) is 23.7 Å². The van der Waals surface area contributed by atoms with Crippen molar-refractivity contribution in [3.8, 4) is 0 Å². The number of unbranched alkanes of at least 4 members (excludes halogenated alkanes) is 15. The fraction of sp³-hybridized carbons (Fsp3) is 0.846. The van der Waals surface area contributed by atoms with Crippen LogP contribution in [0.2, 0.25) is 0 Å². The number of esters is 1. The van der Waals surface area contributed by atoms with Crippen molar-refractivity contribution >= 4 is 34.0 Å². The molecular formula is C26H46O11S. The molecule has 4 N–H and O–H groups in total. The number of hydrogen-bond donors (Lipinski definition) is 4. The lowest BCUT2D eigenvalue weighted by molar-refractivity contribution is -0.148. The van der Waals surface area contributed by atoms with E-state index >= 15 is 0 Å². The molecule has 0 rings (SSSR count). The first-order chi connectivity index (χ1) is 17.9. The molecule has 11 nitrogen and oxygen atoms in total. The van der Waals surface area contributed by atoms with Crippen molar-refractivity contribution in [1.82, 2.24) is 0 Å². The second kappa shape index (κ2) is 21.7. The molecule has 0 spiro atoms. The number of hydrogen-bond acceptors (Lipinski definition) is 7. The zero-order valence-electron chi connectivity index (χ0n) is 22.4. The summed E-state index contributed by atoms with van der Waals surface area (Å²) in [5.41, 5.74) is 0. The molecule has 0 aromatic rings. The summed E-state index contributed by atoms with van der Waals surface area (Å²) >= 11 is 0. The Hall–Kier alpha value is -2.21. The molecule has 0 aromatic carbocycles. The van der Waals surface area contributed by atoms with Gasteiger partial charge in [0, 0.05) is 0 Å². The van der Waals surface area contributed by atoms with Crippen molar-refractivity contribution in [3.63, 3.8) is 0 Å². The highest BCUT2D eigenvalue weighted by Gasteiger charge is 2.34. The third-order valence-corrected chi connectivity index (χ3v) is 7.52. The first kappa shape index (κ1) is 35.8. The number of ether oxygens (including phenoxy) is 1. The minimum absolute atomic E-state index is 0.0115. The van der Waals surface area contributed by atoms with Gasteiger partial charge < -0.3 is 20.1 Å². The summed E-state index contributed by atoms with van der Waals surface area (Å²) < 4.78 is 36.0. The zero-order chi connectivity index (χ0) is 28.8. The van der Waals surface area contributed by atoms with Crippen LogP contribution in [0.3, 0.4) is 0 Å². The van der Waals surface area contributed by atoms with Gasteiger partial charge in [0.15, 0.2) is 5.25 Å². The van der Waals surface area contributed by atoms with Gasteiger partial charge >= 0.3 is 23.9 Å². The van der Waals surface area contributed by atoms with E-state index in [2.05, 4.69) is 0 Å². The molecule has 0 fully saturated rings. The number of carboxylic acid groups (broad SMARTS) is 3. The lowest BCUT2D eigenvalue weighted by Crippen LogP contribution is -2.34. The van der Waals surface area contributed by atoms with Crippen LogP contribution in [0.4, 0.5) is 0 Å². The molecule has 0 radical (unpaired) electrons. The number of aliphatic carboxylic acids is 3. The van der Waals surface area contributed by atoms with E-state index in [4.69, 9.17) is 24.6 Å². The van der Waals surface area contributed by atoms with Gasteiger partial charge in [-0.15, -0.1) is 0 Å². The SMILES string of the molecule is O=C(O)CC(CCCCCCCCCCCCCCCCCCOC(=O)C(CC(=O)O)S(=O)(=O)O)C(=O)O. The quantitative estimate of drug-likeness (QED) is 0.0620. The monoisotopic (exact) mass is 566 g/mol. The van der Waals surface area contributed by atoms with Gasteiger partial charge in [-0.1, -0.05) is 96.3 Å². The Kier molecular flexibility index (Phi) is 20.4. The van der Waals surface area contributed by atoms with Gasteiger partial charge in [-0.25, -0.2) is 0 Å². The van der Waals surface area contributed by atoms with Gasteiger partial charge in [-0.05, 0) is 12.8 Å². The number of carbonyl (C=O) groups is 4. The van der Waals surface area contributed by atoms with Gasteiger partial charge in [0.25, 0.3) is 10.1 Å². The van der Waals surface area contributed by atoms with E-state index in [0.717, 1.165) is 51.4 Å². The summed E-state index contributed by atoms with van der Waals surface area (Å²) in [5.74, 6) is -5.63. The summed E-state index contributed by atoms with van der Waals surface area (Å²) in [5, 5.41) is 24.3. The molecule has 0 aliphatic carbocycles. The van der Waals surface area contributed by atoms with E-state index in [0.29, 0.717) is 12.8 Å². The first-order valence-corrected chi connectivity index (χ1v) is 15.2. The van der Waals surface area contributed by atoms with E-state index in [1.165, 1.54) is 44.9 Å². The molecule has 0 heterocycles. The molecule has 222 valence electrons. The molecule has 0 bridgehead atoms. The second-order valence-corrected chi connectivity index (χ2v) is 11.4. The molecule has 0 aliphatic rings. The van der Waals surface area contributed by atoms with Crippen molar-refractivity contribution in [1.29, 1.82) is 0 Å². The summed E-state index contributed by atoms with van der Waals surface area (Å²) in [6.45, 7) is -0.0115. The molecule has 2 atom stereocenters. The van der Waals surface area contributed by atoms with Crippen molar-refractivity contribution in [2.45, 2.75) is 127 Å². The summed E-state index contributed by atoms with van der Waals surface area (Å²) in [7, 11) is -4.83. The Morgan fingerprint density at radius 3 is 1.29 bits per heavy atom.